The van der Waals surface area contributed by atoms with Crippen LogP contribution in [-0.4, -0.2) is 28.9 Å². The average Bonchev–Trinajstić information content (AvgIpc) is 2.58. The minimum Gasteiger partial charge on any atom is -0.370 e. The Hall–Kier alpha value is -1.05. The van der Waals surface area contributed by atoms with Crippen LogP contribution in [0.15, 0.2) is 18.2 Å². The van der Waals surface area contributed by atoms with Crippen molar-refractivity contribution in [3.8, 4) is 0 Å². The molecule has 0 atom stereocenters. The zero-order valence-corrected chi connectivity index (χ0v) is 11.2. The van der Waals surface area contributed by atoms with Gasteiger partial charge < -0.3 is 14.3 Å². The van der Waals surface area contributed by atoms with Gasteiger partial charge in [-0.1, -0.05) is 11.6 Å². The third-order valence-corrected chi connectivity index (χ3v) is 3.02. The van der Waals surface area contributed by atoms with Gasteiger partial charge in [0.2, 0.25) is 0 Å². The summed E-state index contributed by atoms with van der Waals surface area (Å²) in [4.78, 5) is 2.94. The molecular formula is C11H10ClF3N2OS. The molecule has 1 aromatic heterocycles. The number of halogens is 4. The first-order chi connectivity index (χ1) is 8.87. The van der Waals surface area contributed by atoms with Crippen LogP contribution in [-0.2, 0) is 11.3 Å². The summed E-state index contributed by atoms with van der Waals surface area (Å²) in [5, 5.41) is 0.559. The Morgan fingerprint density at radius 1 is 1.37 bits per heavy atom. The fraction of sp³-hybridized carbons (Fsp3) is 0.364. The first kappa shape index (κ1) is 14.4. The quantitative estimate of drug-likeness (QED) is 0.685. The van der Waals surface area contributed by atoms with E-state index in [0.29, 0.717) is 9.79 Å². The highest BCUT2D eigenvalue weighted by Crippen LogP contribution is 2.19. The minimum atomic E-state index is -4.31. The van der Waals surface area contributed by atoms with Crippen molar-refractivity contribution in [3.63, 3.8) is 0 Å². The molecule has 1 N–H and O–H groups in total. The van der Waals surface area contributed by atoms with E-state index in [2.05, 4.69) is 9.72 Å². The number of imidazole rings is 1. The highest BCUT2D eigenvalue weighted by molar-refractivity contribution is 7.71. The molecule has 0 fully saturated rings. The second kappa shape index (κ2) is 5.52. The van der Waals surface area contributed by atoms with Crippen LogP contribution < -0.4 is 0 Å². The van der Waals surface area contributed by atoms with E-state index in [1.165, 1.54) is 0 Å². The van der Waals surface area contributed by atoms with Crippen molar-refractivity contribution in [3.05, 3.63) is 28.0 Å². The van der Waals surface area contributed by atoms with E-state index in [-0.39, 0.29) is 13.2 Å². The van der Waals surface area contributed by atoms with E-state index in [1.54, 1.807) is 22.8 Å². The van der Waals surface area contributed by atoms with Gasteiger partial charge in [0.15, 0.2) is 4.77 Å². The summed E-state index contributed by atoms with van der Waals surface area (Å²) in [5.74, 6) is 0. The van der Waals surface area contributed by atoms with E-state index in [9.17, 15) is 13.2 Å². The number of aromatic nitrogens is 2. The number of alkyl halides is 3. The number of ether oxygens (including phenoxy) is 1. The van der Waals surface area contributed by atoms with Crippen LogP contribution in [0.1, 0.15) is 0 Å². The molecule has 104 valence electrons. The van der Waals surface area contributed by atoms with Crippen LogP contribution in [0.4, 0.5) is 13.2 Å². The molecule has 3 nitrogen and oxygen atoms in total. The van der Waals surface area contributed by atoms with Gasteiger partial charge in [-0.3, -0.25) is 0 Å². The van der Waals surface area contributed by atoms with Crippen molar-refractivity contribution in [1.82, 2.24) is 9.55 Å². The second-order valence-electron chi connectivity index (χ2n) is 3.91. The van der Waals surface area contributed by atoms with Crippen LogP contribution in [0.2, 0.25) is 5.02 Å². The molecular weight excluding hydrogens is 301 g/mol. The second-order valence-corrected chi connectivity index (χ2v) is 4.73. The lowest BCUT2D eigenvalue weighted by Crippen LogP contribution is -2.19. The number of nitrogens with zero attached hydrogens (tertiary/aromatic N) is 1. The fourth-order valence-corrected chi connectivity index (χ4v) is 2.17. The summed E-state index contributed by atoms with van der Waals surface area (Å²) in [6, 6.07) is 5.16. The smallest absolute Gasteiger partial charge is 0.370 e. The first-order valence-corrected chi connectivity index (χ1v) is 6.18. The van der Waals surface area contributed by atoms with Gasteiger partial charge in [-0.15, -0.1) is 0 Å². The zero-order chi connectivity index (χ0) is 14.0. The SMILES string of the molecule is FC(F)(F)COCCn1c(=S)[nH]c2cc(Cl)ccc21. The largest absolute Gasteiger partial charge is 0.411 e. The van der Waals surface area contributed by atoms with Gasteiger partial charge in [-0.2, -0.15) is 13.2 Å². The van der Waals surface area contributed by atoms with Crippen molar-refractivity contribution in [2.75, 3.05) is 13.2 Å². The maximum atomic E-state index is 11.9. The van der Waals surface area contributed by atoms with Gasteiger partial charge in [0.25, 0.3) is 0 Å². The maximum absolute atomic E-state index is 11.9. The summed E-state index contributed by atoms with van der Waals surface area (Å²) in [7, 11) is 0. The van der Waals surface area contributed by atoms with E-state index in [1.807, 2.05) is 0 Å². The number of benzene rings is 1. The number of hydrogen-bond acceptors (Lipinski definition) is 2. The van der Waals surface area contributed by atoms with E-state index in [4.69, 9.17) is 23.8 Å². The van der Waals surface area contributed by atoms with Gasteiger partial charge in [-0.05, 0) is 30.4 Å². The van der Waals surface area contributed by atoms with Crippen molar-refractivity contribution >= 4 is 34.9 Å². The number of nitrogens with one attached hydrogen (secondary N) is 1. The van der Waals surface area contributed by atoms with Crippen molar-refractivity contribution in [2.45, 2.75) is 12.7 Å². The fourth-order valence-electron chi connectivity index (χ4n) is 1.70. The summed E-state index contributed by atoms with van der Waals surface area (Å²) >= 11 is 11.0. The van der Waals surface area contributed by atoms with E-state index >= 15 is 0 Å². The Morgan fingerprint density at radius 2 is 2.11 bits per heavy atom. The Labute approximate surface area is 116 Å². The number of fused-ring (bicyclic) bond motifs is 1. The first-order valence-electron chi connectivity index (χ1n) is 5.39. The molecule has 0 spiro atoms. The predicted octanol–water partition coefficient (Wildman–Crippen LogP) is 3.93. The third-order valence-electron chi connectivity index (χ3n) is 2.46. The monoisotopic (exact) mass is 310 g/mol. The van der Waals surface area contributed by atoms with E-state index in [0.717, 1.165) is 11.0 Å². The lowest BCUT2D eigenvalue weighted by atomic mass is 10.3. The highest BCUT2D eigenvalue weighted by atomic mass is 35.5. The summed E-state index contributed by atoms with van der Waals surface area (Å²) in [6.07, 6.45) is -4.31. The normalized spacial score (nSPS) is 12.2. The average molecular weight is 311 g/mol. The molecule has 0 aliphatic carbocycles. The molecule has 1 heterocycles. The maximum Gasteiger partial charge on any atom is 0.411 e. The molecule has 0 saturated carbocycles. The third kappa shape index (κ3) is 3.71. The van der Waals surface area contributed by atoms with Gasteiger partial charge in [0.1, 0.15) is 6.61 Å². The molecule has 0 unspecified atom stereocenters. The van der Waals surface area contributed by atoms with Gasteiger partial charge >= 0.3 is 6.18 Å². The molecule has 1 aromatic carbocycles. The Morgan fingerprint density at radius 3 is 2.79 bits per heavy atom. The van der Waals surface area contributed by atoms with Gasteiger partial charge in [0.05, 0.1) is 17.6 Å². The molecule has 0 radical (unpaired) electrons. The Balaban J connectivity index is 2.09. The van der Waals surface area contributed by atoms with Crippen molar-refractivity contribution < 1.29 is 17.9 Å². The Kier molecular flexibility index (Phi) is 4.17. The van der Waals surface area contributed by atoms with Crippen LogP contribution in [0, 0.1) is 4.77 Å². The molecule has 2 rings (SSSR count). The summed E-state index contributed by atoms with van der Waals surface area (Å²) < 4.78 is 42.4. The topological polar surface area (TPSA) is 29.9 Å². The molecule has 0 saturated heterocycles. The zero-order valence-electron chi connectivity index (χ0n) is 9.63. The van der Waals surface area contributed by atoms with Crippen LogP contribution in [0.25, 0.3) is 11.0 Å². The van der Waals surface area contributed by atoms with Crippen molar-refractivity contribution in [2.24, 2.45) is 0 Å². The molecule has 19 heavy (non-hydrogen) atoms. The van der Waals surface area contributed by atoms with Crippen LogP contribution in [0.3, 0.4) is 0 Å². The summed E-state index contributed by atoms with van der Waals surface area (Å²) in [5.41, 5.74) is 1.53. The lowest BCUT2D eigenvalue weighted by Gasteiger charge is -2.08. The molecule has 0 aliphatic rings. The molecule has 8 heteroatoms. The molecule has 0 bridgehead atoms. The number of hydrogen-bond donors (Lipinski definition) is 1. The highest BCUT2D eigenvalue weighted by Gasteiger charge is 2.27. The molecule has 0 amide bonds. The predicted molar refractivity (Wildman–Crippen MR) is 69.0 cm³/mol. The van der Waals surface area contributed by atoms with Gasteiger partial charge in [-0.25, -0.2) is 0 Å². The van der Waals surface area contributed by atoms with E-state index < -0.39 is 12.8 Å². The van der Waals surface area contributed by atoms with Crippen LogP contribution in [0.5, 0.6) is 0 Å². The van der Waals surface area contributed by atoms with Crippen LogP contribution >= 0.6 is 23.8 Å². The number of aromatic amines is 1. The number of rotatable bonds is 4. The minimum absolute atomic E-state index is 0.0661. The Bertz CT molecular complexity index is 635. The summed E-state index contributed by atoms with van der Waals surface area (Å²) in [6.45, 7) is -1.07. The number of H-pyrrole nitrogens is 1. The lowest BCUT2D eigenvalue weighted by molar-refractivity contribution is -0.174. The molecule has 2 aromatic rings. The molecule has 0 aliphatic heterocycles. The van der Waals surface area contributed by atoms with Gasteiger partial charge in [0, 0.05) is 11.6 Å². The standard InChI is InChI=1S/C11H10ClF3N2OS/c12-7-1-2-9-8(5-7)16-10(19)17(9)3-4-18-6-11(13,14)15/h1-2,5H,3-4,6H2,(H,16,19). The van der Waals surface area contributed by atoms with Crippen molar-refractivity contribution in [1.29, 1.82) is 0 Å².